The number of nitrogens with two attached hydrogens (primary N) is 1. The van der Waals surface area contributed by atoms with Gasteiger partial charge in [-0.25, -0.2) is 0 Å². The van der Waals surface area contributed by atoms with E-state index in [1.807, 2.05) is 6.92 Å². The summed E-state index contributed by atoms with van der Waals surface area (Å²) in [5.74, 6) is -0.554. The summed E-state index contributed by atoms with van der Waals surface area (Å²) in [6, 6.07) is 0. The fourth-order valence-corrected chi connectivity index (χ4v) is 1.35. The van der Waals surface area contributed by atoms with Crippen LogP contribution in [0.25, 0.3) is 0 Å². The highest BCUT2D eigenvalue weighted by Gasteiger charge is 2.26. The van der Waals surface area contributed by atoms with Gasteiger partial charge in [0, 0.05) is 25.7 Å². The van der Waals surface area contributed by atoms with Gasteiger partial charge in [-0.3, -0.25) is 9.48 Å². The molecule has 0 unspecified atom stereocenters. The maximum Gasteiger partial charge on any atom is 0.389 e. The number of carbonyl (C=O) groups is 1. The SMILES string of the molecule is CCn1cc(N)c(C(=O)NCCCC(F)(F)F)n1. The Balaban J connectivity index is 2.43. The summed E-state index contributed by atoms with van der Waals surface area (Å²) in [6.45, 7) is 2.33. The minimum atomic E-state index is -4.20. The van der Waals surface area contributed by atoms with Crippen LogP contribution in [0.3, 0.4) is 0 Å². The van der Waals surface area contributed by atoms with E-state index in [1.165, 1.54) is 10.9 Å². The first-order valence-corrected chi connectivity index (χ1v) is 5.51. The van der Waals surface area contributed by atoms with Gasteiger partial charge in [0.05, 0.1) is 5.69 Å². The van der Waals surface area contributed by atoms with Crippen molar-refractivity contribution in [3.8, 4) is 0 Å². The van der Waals surface area contributed by atoms with Gasteiger partial charge in [0.25, 0.3) is 5.91 Å². The Hall–Kier alpha value is -1.73. The lowest BCUT2D eigenvalue weighted by Crippen LogP contribution is -2.26. The Morgan fingerprint density at radius 2 is 2.22 bits per heavy atom. The first-order valence-electron chi connectivity index (χ1n) is 5.51. The number of halogens is 3. The number of aromatic nitrogens is 2. The molecule has 5 nitrogen and oxygen atoms in total. The lowest BCUT2D eigenvalue weighted by Gasteiger charge is -2.06. The monoisotopic (exact) mass is 264 g/mol. The van der Waals surface area contributed by atoms with Crippen LogP contribution in [-0.2, 0) is 6.54 Å². The number of nitrogen functional groups attached to an aromatic ring is 1. The van der Waals surface area contributed by atoms with Crippen molar-refractivity contribution < 1.29 is 18.0 Å². The normalized spacial score (nSPS) is 11.6. The number of carbonyl (C=O) groups excluding carboxylic acids is 1. The fourth-order valence-electron chi connectivity index (χ4n) is 1.35. The Kier molecular flexibility index (Phi) is 4.57. The molecular formula is C10H15F3N4O. The van der Waals surface area contributed by atoms with Gasteiger partial charge in [0.2, 0.25) is 0 Å². The molecule has 8 heteroatoms. The quantitative estimate of drug-likeness (QED) is 0.793. The molecule has 0 bridgehead atoms. The largest absolute Gasteiger partial charge is 0.396 e. The van der Waals surface area contributed by atoms with Gasteiger partial charge >= 0.3 is 6.18 Å². The van der Waals surface area contributed by atoms with Crippen molar-refractivity contribution in [2.24, 2.45) is 0 Å². The summed E-state index contributed by atoms with van der Waals surface area (Å²) in [5.41, 5.74) is 5.83. The maximum absolute atomic E-state index is 11.9. The van der Waals surface area contributed by atoms with Gasteiger partial charge in [-0.15, -0.1) is 0 Å². The third kappa shape index (κ3) is 4.27. The van der Waals surface area contributed by atoms with E-state index in [4.69, 9.17) is 5.73 Å². The third-order valence-electron chi connectivity index (χ3n) is 2.25. The minimum absolute atomic E-state index is 0.0452. The maximum atomic E-state index is 11.9. The molecule has 1 aromatic rings. The summed E-state index contributed by atoms with van der Waals surface area (Å²) >= 11 is 0. The van der Waals surface area contributed by atoms with E-state index in [1.54, 1.807) is 0 Å². The van der Waals surface area contributed by atoms with Crippen LogP contribution in [-0.4, -0.2) is 28.4 Å². The average Bonchev–Trinajstić information content (AvgIpc) is 2.64. The van der Waals surface area contributed by atoms with Crippen molar-refractivity contribution >= 4 is 11.6 Å². The summed E-state index contributed by atoms with van der Waals surface area (Å²) in [5, 5.41) is 6.27. The Labute approximate surface area is 102 Å². The van der Waals surface area contributed by atoms with Crippen molar-refractivity contribution in [3.63, 3.8) is 0 Å². The van der Waals surface area contributed by atoms with Crippen molar-refractivity contribution in [1.82, 2.24) is 15.1 Å². The van der Waals surface area contributed by atoms with E-state index in [2.05, 4.69) is 10.4 Å². The predicted octanol–water partition coefficient (Wildman–Crippen LogP) is 1.56. The summed E-state index contributed by atoms with van der Waals surface area (Å²) < 4.78 is 37.1. The molecule has 0 saturated carbocycles. The fraction of sp³-hybridized carbons (Fsp3) is 0.600. The molecule has 1 amide bonds. The molecule has 0 spiro atoms. The molecule has 18 heavy (non-hydrogen) atoms. The molecule has 0 saturated heterocycles. The molecule has 3 N–H and O–H groups in total. The average molecular weight is 264 g/mol. The molecule has 0 aromatic carbocycles. The third-order valence-corrected chi connectivity index (χ3v) is 2.25. The van der Waals surface area contributed by atoms with Crippen molar-refractivity contribution in [1.29, 1.82) is 0 Å². The molecule has 1 aromatic heterocycles. The smallest absolute Gasteiger partial charge is 0.389 e. The molecule has 0 aliphatic rings. The van der Waals surface area contributed by atoms with Crippen molar-refractivity contribution in [3.05, 3.63) is 11.9 Å². The van der Waals surface area contributed by atoms with Gasteiger partial charge in [0.15, 0.2) is 5.69 Å². The lowest BCUT2D eigenvalue weighted by molar-refractivity contribution is -0.135. The van der Waals surface area contributed by atoms with E-state index in [-0.39, 0.29) is 24.3 Å². The van der Waals surface area contributed by atoms with E-state index < -0.39 is 18.5 Å². The highest BCUT2D eigenvalue weighted by molar-refractivity contribution is 5.96. The molecule has 1 heterocycles. The van der Waals surface area contributed by atoms with Crippen LogP contribution in [0.2, 0.25) is 0 Å². The summed E-state index contributed by atoms with van der Waals surface area (Å²) in [4.78, 5) is 11.6. The number of alkyl halides is 3. The number of aryl methyl sites for hydroxylation is 1. The second kappa shape index (κ2) is 5.74. The van der Waals surface area contributed by atoms with Crippen LogP contribution in [0.5, 0.6) is 0 Å². The topological polar surface area (TPSA) is 72.9 Å². The van der Waals surface area contributed by atoms with Gasteiger partial charge in [0.1, 0.15) is 0 Å². The van der Waals surface area contributed by atoms with Crippen LogP contribution in [0, 0.1) is 0 Å². The minimum Gasteiger partial charge on any atom is -0.396 e. The number of amides is 1. The van der Waals surface area contributed by atoms with Gasteiger partial charge < -0.3 is 11.1 Å². The van der Waals surface area contributed by atoms with Crippen LogP contribution in [0.1, 0.15) is 30.3 Å². The zero-order chi connectivity index (χ0) is 13.8. The second-order valence-corrected chi connectivity index (χ2v) is 3.76. The molecule has 0 aliphatic carbocycles. The zero-order valence-corrected chi connectivity index (χ0v) is 9.92. The lowest BCUT2D eigenvalue weighted by atomic mass is 10.3. The number of nitrogens with one attached hydrogen (secondary N) is 1. The number of hydrogen-bond acceptors (Lipinski definition) is 3. The predicted molar refractivity (Wildman–Crippen MR) is 59.9 cm³/mol. The van der Waals surface area contributed by atoms with Gasteiger partial charge in [-0.05, 0) is 13.3 Å². The highest BCUT2D eigenvalue weighted by atomic mass is 19.4. The van der Waals surface area contributed by atoms with E-state index in [9.17, 15) is 18.0 Å². The molecule has 102 valence electrons. The van der Waals surface area contributed by atoms with Crippen LogP contribution in [0.4, 0.5) is 18.9 Å². The molecule has 0 atom stereocenters. The van der Waals surface area contributed by atoms with E-state index >= 15 is 0 Å². The van der Waals surface area contributed by atoms with Gasteiger partial charge in [-0.2, -0.15) is 18.3 Å². The second-order valence-electron chi connectivity index (χ2n) is 3.76. The molecule has 0 aliphatic heterocycles. The Bertz CT molecular complexity index is 414. The van der Waals surface area contributed by atoms with Gasteiger partial charge in [-0.1, -0.05) is 0 Å². The first-order chi connectivity index (χ1) is 8.33. The Morgan fingerprint density at radius 3 is 2.72 bits per heavy atom. The zero-order valence-electron chi connectivity index (χ0n) is 9.92. The molecule has 0 radical (unpaired) electrons. The first kappa shape index (κ1) is 14.3. The van der Waals surface area contributed by atoms with Crippen LogP contribution >= 0.6 is 0 Å². The van der Waals surface area contributed by atoms with Crippen molar-refractivity contribution in [2.45, 2.75) is 32.5 Å². The van der Waals surface area contributed by atoms with E-state index in [0.29, 0.717) is 6.54 Å². The Morgan fingerprint density at radius 1 is 1.56 bits per heavy atom. The number of nitrogens with zero attached hydrogens (tertiary/aromatic N) is 2. The molecular weight excluding hydrogens is 249 g/mol. The number of anilines is 1. The van der Waals surface area contributed by atoms with Crippen LogP contribution < -0.4 is 11.1 Å². The molecule has 1 rings (SSSR count). The standard InChI is InChI=1S/C10H15F3N4O/c1-2-17-6-7(14)8(16-17)9(18)15-5-3-4-10(11,12)13/h6H,2-5,14H2,1H3,(H,15,18). The summed E-state index contributed by atoms with van der Waals surface area (Å²) in [6.07, 6.45) is -3.78. The number of rotatable bonds is 5. The van der Waals surface area contributed by atoms with Crippen LogP contribution in [0.15, 0.2) is 6.20 Å². The summed E-state index contributed by atoms with van der Waals surface area (Å²) in [7, 11) is 0. The molecule has 0 fully saturated rings. The highest BCUT2D eigenvalue weighted by Crippen LogP contribution is 2.20. The number of hydrogen-bond donors (Lipinski definition) is 2. The van der Waals surface area contributed by atoms with E-state index in [0.717, 1.165) is 0 Å². The van der Waals surface area contributed by atoms with Crippen molar-refractivity contribution in [2.75, 3.05) is 12.3 Å².